The van der Waals surface area contributed by atoms with Crippen LogP contribution in [0, 0.1) is 5.92 Å². The van der Waals surface area contributed by atoms with Gasteiger partial charge in [0.2, 0.25) is 0 Å². The third kappa shape index (κ3) is 2.78. The van der Waals surface area contributed by atoms with Gasteiger partial charge in [-0.3, -0.25) is 4.79 Å². The molecule has 1 aliphatic rings. The molecule has 1 aliphatic heterocycles. The number of tetrazole rings is 1. The fraction of sp³-hybridized carbons (Fsp3) is 0.429. The van der Waals surface area contributed by atoms with Crippen LogP contribution >= 0.6 is 0 Å². The van der Waals surface area contributed by atoms with E-state index in [-0.39, 0.29) is 5.91 Å². The molecule has 0 unspecified atom stereocenters. The molecule has 2 N–H and O–H groups in total. The Morgan fingerprint density at radius 2 is 2.05 bits per heavy atom. The zero-order valence-corrected chi connectivity index (χ0v) is 11.7. The highest BCUT2D eigenvalue weighted by Gasteiger charge is 2.24. The predicted molar refractivity (Wildman–Crippen MR) is 76.8 cm³/mol. The van der Waals surface area contributed by atoms with Crippen LogP contribution in [0.15, 0.2) is 30.6 Å². The molecule has 0 radical (unpaired) electrons. The summed E-state index contributed by atoms with van der Waals surface area (Å²) < 4.78 is 1.51. The summed E-state index contributed by atoms with van der Waals surface area (Å²) in [5.74, 6) is 0.556. The molecule has 3 rings (SSSR count). The van der Waals surface area contributed by atoms with Crippen LogP contribution < -0.4 is 5.73 Å². The lowest BCUT2D eigenvalue weighted by atomic mass is 9.96. The van der Waals surface area contributed by atoms with Crippen LogP contribution in [0.5, 0.6) is 0 Å². The molecular weight excluding hydrogens is 268 g/mol. The van der Waals surface area contributed by atoms with Crippen LogP contribution in [0.25, 0.3) is 5.69 Å². The Labute approximate surface area is 122 Å². The first-order valence-corrected chi connectivity index (χ1v) is 7.11. The Balaban J connectivity index is 1.83. The van der Waals surface area contributed by atoms with Gasteiger partial charge in [-0.2, -0.15) is 4.68 Å². The molecular formula is C14H18N6O. The number of hydrogen-bond acceptors (Lipinski definition) is 5. The molecule has 0 aliphatic carbocycles. The molecule has 7 heteroatoms. The van der Waals surface area contributed by atoms with Crippen molar-refractivity contribution in [1.82, 2.24) is 25.1 Å². The zero-order chi connectivity index (χ0) is 14.7. The summed E-state index contributed by atoms with van der Waals surface area (Å²) in [6, 6.07) is 7.38. The van der Waals surface area contributed by atoms with E-state index < -0.39 is 0 Å². The van der Waals surface area contributed by atoms with Crippen LogP contribution in [-0.4, -0.2) is 50.6 Å². The number of benzene rings is 1. The molecule has 0 saturated carbocycles. The van der Waals surface area contributed by atoms with Crippen molar-refractivity contribution >= 4 is 5.91 Å². The molecule has 0 bridgehead atoms. The number of nitrogens with zero attached hydrogens (tertiary/aromatic N) is 5. The SMILES string of the molecule is NCC1CCN(C(=O)c2ccccc2-n2cnnn2)CC1. The van der Waals surface area contributed by atoms with Crippen molar-refractivity contribution in [3.63, 3.8) is 0 Å². The molecule has 2 aromatic rings. The van der Waals surface area contributed by atoms with E-state index in [1.54, 1.807) is 0 Å². The Morgan fingerprint density at radius 1 is 1.29 bits per heavy atom. The fourth-order valence-electron chi connectivity index (χ4n) is 2.67. The predicted octanol–water partition coefficient (Wildman–Crippen LogP) is 0.473. The number of nitrogens with two attached hydrogens (primary N) is 1. The zero-order valence-electron chi connectivity index (χ0n) is 11.7. The lowest BCUT2D eigenvalue weighted by Gasteiger charge is -2.31. The average molecular weight is 286 g/mol. The molecule has 7 nitrogen and oxygen atoms in total. The van der Waals surface area contributed by atoms with Gasteiger partial charge in [-0.25, -0.2) is 0 Å². The third-order valence-corrected chi connectivity index (χ3v) is 3.97. The molecule has 1 fully saturated rings. The molecule has 1 aromatic carbocycles. The molecule has 0 atom stereocenters. The molecule has 1 saturated heterocycles. The van der Waals surface area contributed by atoms with E-state index in [0.29, 0.717) is 23.7 Å². The summed E-state index contributed by atoms with van der Waals surface area (Å²) in [5, 5.41) is 11.1. The van der Waals surface area contributed by atoms with Crippen LogP contribution in [-0.2, 0) is 0 Å². The van der Waals surface area contributed by atoms with Gasteiger partial charge in [-0.05, 0) is 47.9 Å². The van der Waals surface area contributed by atoms with Crippen molar-refractivity contribution in [2.45, 2.75) is 12.8 Å². The first kappa shape index (κ1) is 13.7. The van der Waals surface area contributed by atoms with E-state index in [1.165, 1.54) is 11.0 Å². The van der Waals surface area contributed by atoms with Crippen molar-refractivity contribution < 1.29 is 4.79 Å². The topological polar surface area (TPSA) is 89.9 Å². The van der Waals surface area contributed by atoms with Crippen molar-refractivity contribution in [2.75, 3.05) is 19.6 Å². The van der Waals surface area contributed by atoms with Gasteiger partial charge in [0, 0.05) is 13.1 Å². The summed E-state index contributed by atoms with van der Waals surface area (Å²) in [6.07, 6.45) is 3.43. The second-order valence-corrected chi connectivity index (χ2v) is 5.24. The third-order valence-electron chi connectivity index (χ3n) is 3.97. The lowest BCUT2D eigenvalue weighted by molar-refractivity contribution is 0.0693. The number of hydrogen-bond donors (Lipinski definition) is 1. The Bertz CT molecular complexity index is 604. The Hall–Kier alpha value is -2.28. The number of likely N-dealkylation sites (tertiary alicyclic amines) is 1. The van der Waals surface area contributed by atoms with E-state index in [9.17, 15) is 4.79 Å². The summed E-state index contributed by atoms with van der Waals surface area (Å²) in [5.41, 5.74) is 7.02. The molecule has 110 valence electrons. The number of amides is 1. The highest BCUT2D eigenvalue weighted by atomic mass is 16.2. The Kier molecular flexibility index (Phi) is 3.92. The van der Waals surface area contributed by atoms with Gasteiger partial charge < -0.3 is 10.6 Å². The van der Waals surface area contributed by atoms with Crippen molar-refractivity contribution in [1.29, 1.82) is 0 Å². The second-order valence-electron chi connectivity index (χ2n) is 5.24. The number of aromatic nitrogens is 4. The standard InChI is InChI=1S/C14H18N6O/c15-9-11-5-7-19(8-6-11)14(21)12-3-1-2-4-13(12)20-10-16-17-18-20/h1-4,10-11H,5-9,15H2. The quantitative estimate of drug-likeness (QED) is 0.886. The van der Waals surface area contributed by atoms with E-state index >= 15 is 0 Å². The van der Waals surface area contributed by atoms with Crippen LogP contribution in [0.3, 0.4) is 0 Å². The minimum Gasteiger partial charge on any atom is -0.339 e. The van der Waals surface area contributed by atoms with Crippen LogP contribution in [0.2, 0.25) is 0 Å². The molecule has 0 spiro atoms. The molecule has 2 heterocycles. The van der Waals surface area contributed by atoms with Gasteiger partial charge in [0.05, 0.1) is 11.3 Å². The van der Waals surface area contributed by atoms with E-state index in [4.69, 9.17) is 5.73 Å². The normalized spacial score (nSPS) is 16.1. The minimum atomic E-state index is 0.0246. The number of piperidine rings is 1. The summed E-state index contributed by atoms with van der Waals surface area (Å²) in [6.45, 7) is 2.21. The number of rotatable bonds is 3. The fourth-order valence-corrected chi connectivity index (χ4v) is 2.67. The van der Waals surface area contributed by atoms with Crippen molar-refractivity contribution in [3.8, 4) is 5.69 Å². The summed E-state index contributed by atoms with van der Waals surface area (Å²) >= 11 is 0. The highest BCUT2D eigenvalue weighted by Crippen LogP contribution is 2.20. The second kappa shape index (κ2) is 6.01. The van der Waals surface area contributed by atoms with Crippen molar-refractivity contribution in [3.05, 3.63) is 36.2 Å². The maximum absolute atomic E-state index is 12.7. The van der Waals surface area contributed by atoms with Crippen LogP contribution in [0.1, 0.15) is 23.2 Å². The summed E-state index contributed by atoms with van der Waals surface area (Å²) in [4.78, 5) is 14.6. The summed E-state index contributed by atoms with van der Waals surface area (Å²) in [7, 11) is 0. The Morgan fingerprint density at radius 3 is 2.71 bits per heavy atom. The van der Waals surface area contributed by atoms with Crippen molar-refractivity contribution in [2.24, 2.45) is 11.7 Å². The average Bonchev–Trinajstić information content (AvgIpc) is 3.08. The maximum Gasteiger partial charge on any atom is 0.256 e. The number of carbonyl (C=O) groups is 1. The van der Waals surface area contributed by atoms with E-state index in [0.717, 1.165) is 25.9 Å². The monoisotopic (exact) mass is 286 g/mol. The lowest BCUT2D eigenvalue weighted by Crippen LogP contribution is -2.40. The highest BCUT2D eigenvalue weighted by molar-refractivity contribution is 5.97. The maximum atomic E-state index is 12.7. The van der Waals surface area contributed by atoms with Gasteiger partial charge in [0.1, 0.15) is 6.33 Å². The minimum absolute atomic E-state index is 0.0246. The van der Waals surface area contributed by atoms with Gasteiger partial charge >= 0.3 is 0 Å². The van der Waals surface area contributed by atoms with Gasteiger partial charge in [-0.1, -0.05) is 12.1 Å². The van der Waals surface area contributed by atoms with E-state index in [2.05, 4.69) is 15.5 Å². The largest absolute Gasteiger partial charge is 0.339 e. The van der Waals surface area contributed by atoms with Crippen LogP contribution in [0.4, 0.5) is 0 Å². The number of carbonyl (C=O) groups excluding carboxylic acids is 1. The molecule has 21 heavy (non-hydrogen) atoms. The van der Waals surface area contributed by atoms with Gasteiger partial charge in [0.15, 0.2) is 0 Å². The molecule has 1 amide bonds. The van der Waals surface area contributed by atoms with Gasteiger partial charge in [-0.15, -0.1) is 5.10 Å². The molecule has 1 aromatic heterocycles. The number of para-hydroxylation sites is 1. The smallest absolute Gasteiger partial charge is 0.256 e. The van der Waals surface area contributed by atoms with E-state index in [1.807, 2.05) is 29.2 Å². The first-order chi connectivity index (χ1) is 10.3. The van der Waals surface area contributed by atoms with Gasteiger partial charge in [0.25, 0.3) is 5.91 Å². The first-order valence-electron chi connectivity index (χ1n) is 7.11.